The number of thiazole rings is 1. The third kappa shape index (κ3) is 4.73. The minimum absolute atomic E-state index is 0.951. The second-order valence-electron chi connectivity index (χ2n) is 6.36. The molecule has 0 aliphatic rings. The standard InChI is InChI=1S/C21H27N3S/c1-3-5-14-24(15-6-4-2)18-11-9-10-17(16-18)22-21-23-19-12-7-8-13-20(19)25-21/h7-13,16H,3-6,14-15H2,1-2H3,(H,22,23). The summed E-state index contributed by atoms with van der Waals surface area (Å²) in [6.45, 7) is 6.76. The first-order valence-electron chi connectivity index (χ1n) is 9.27. The van der Waals surface area contributed by atoms with Gasteiger partial charge in [-0.3, -0.25) is 0 Å². The Kier molecular flexibility index (Phi) is 6.29. The number of benzene rings is 2. The predicted molar refractivity (Wildman–Crippen MR) is 111 cm³/mol. The summed E-state index contributed by atoms with van der Waals surface area (Å²) in [5, 5.41) is 4.43. The van der Waals surface area contributed by atoms with Gasteiger partial charge in [0.05, 0.1) is 10.2 Å². The summed E-state index contributed by atoms with van der Waals surface area (Å²) < 4.78 is 1.22. The van der Waals surface area contributed by atoms with E-state index in [1.807, 2.05) is 6.07 Å². The Labute approximate surface area is 154 Å². The first-order chi connectivity index (χ1) is 12.3. The zero-order valence-corrected chi connectivity index (χ0v) is 16.0. The van der Waals surface area contributed by atoms with Gasteiger partial charge in [-0.2, -0.15) is 0 Å². The fraction of sp³-hybridized carbons (Fsp3) is 0.381. The molecule has 0 saturated heterocycles. The molecule has 0 fully saturated rings. The molecule has 0 spiro atoms. The van der Waals surface area contributed by atoms with Crippen molar-refractivity contribution in [3.8, 4) is 0 Å². The average Bonchev–Trinajstić information content (AvgIpc) is 3.04. The molecule has 132 valence electrons. The molecular formula is C21H27N3S. The lowest BCUT2D eigenvalue weighted by Crippen LogP contribution is -2.25. The summed E-state index contributed by atoms with van der Waals surface area (Å²) in [4.78, 5) is 7.19. The maximum Gasteiger partial charge on any atom is 0.188 e. The van der Waals surface area contributed by atoms with Gasteiger partial charge in [-0.15, -0.1) is 0 Å². The second kappa shape index (κ2) is 8.86. The van der Waals surface area contributed by atoms with E-state index in [2.05, 4.69) is 71.5 Å². The Morgan fingerprint density at radius 1 is 0.960 bits per heavy atom. The van der Waals surface area contributed by atoms with Crippen molar-refractivity contribution in [3.63, 3.8) is 0 Å². The van der Waals surface area contributed by atoms with E-state index in [1.165, 1.54) is 36.1 Å². The van der Waals surface area contributed by atoms with E-state index in [-0.39, 0.29) is 0 Å². The van der Waals surface area contributed by atoms with Gasteiger partial charge in [0.15, 0.2) is 5.13 Å². The van der Waals surface area contributed by atoms with Gasteiger partial charge in [0.25, 0.3) is 0 Å². The Hall–Kier alpha value is -2.07. The van der Waals surface area contributed by atoms with Gasteiger partial charge < -0.3 is 10.2 Å². The van der Waals surface area contributed by atoms with Crippen LogP contribution in [0.5, 0.6) is 0 Å². The Morgan fingerprint density at radius 2 is 1.72 bits per heavy atom. The minimum Gasteiger partial charge on any atom is -0.371 e. The van der Waals surface area contributed by atoms with Gasteiger partial charge in [0.2, 0.25) is 0 Å². The summed E-state index contributed by atoms with van der Waals surface area (Å²) >= 11 is 1.70. The smallest absolute Gasteiger partial charge is 0.188 e. The number of nitrogens with zero attached hydrogens (tertiary/aromatic N) is 2. The van der Waals surface area contributed by atoms with Gasteiger partial charge in [-0.25, -0.2) is 4.98 Å². The Balaban J connectivity index is 1.76. The molecule has 0 saturated carbocycles. The highest BCUT2D eigenvalue weighted by molar-refractivity contribution is 7.22. The van der Waals surface area contributed by atoms with Crippen LogP contribution < -0.4 is 10.2 Å². The van der Waals surface area contributed by atoms with Gasteiger partial charge in [-0.05, 0) is 43.2 Å². The SMILES string of the molecule is CCCCN(CCCC)c1cccc(Nc2nc3ccccc3s2)c1. The number of unbranched alkanes of at least 4 members (excludes halogenated alkanes) is 2. The number of para-hydroxylation sites is 1. The molecule has 0 aliphatic heterocycles. The number of nitrogens with one attached hydrogen (secondary N) is 1. The first-order valence-corrected chi connectivity index (χ1v) is 10.1. The normalized spacial score (nSPS) is 11.0. The van der Waals surface area contributed by atoms with Crippen LogP contribution >= 0.6 is 11.3 Å². The lowest BCUT2D eigenvalue weighted by molar-refractivity contribution is 0.678. The summed E-state index contributed by atoms with van der Waals surface area (Å²) in [5.41, 5.74) is 3.46. The monoisotopic (exact) mass is 353 g/mol. The highest BCUT2D eigenvalue weighted by Crippen LogP contribution is 2.29. The summed E-state index contributed by atoms with van der Waals surface area (Å²) in [5.74, 6) is 0. The van der Waals surface area contributed by atoms with Gasteiger partial charge in [0, 0.05) is 24.5 Å². The van der Waals surface area contributed by atoms with Crippen molar-refractivity contribution in [3.05, 3.63) is 48.5 Å². The average molecular weight is 354 g/mol. The van der Waals surface area contributed by atoms with Gasteiger partial charge in [0.1, 0.15) is 0 Å². The van der Waals surface area contributed by atoms with E-state index in [1.54, 1.807) is 11.3 Å². The van der Waals surface area contributed by atoms with Crippen molar-refractivity contribution in [1.82, 2.24) is 4.98 Å². The third-order valence-electron chi connectivity index (χ3n) is 4.32. The number of anilines is 3. The third-order valence-corrected chi connectivity index (χ3v) is 5.27. The lowest BCUT2D eigenvalue weighted by Gasteiger charge is -2.25. The van der Waals surface area contributed by atoms with Gasteiger partial charge in [-0.1, -0.05) is 56.2 Å². The molecule has 1 heterocycles. The van der Waals surface area contributed by atoms with Crippen molar-refractivity contribution >= 4 is 38.1 Å². The molecule has 0 amide bonds. The quantitative estimate of drug-likeness (QED) is 0.479. The van der Waals surface area contributed by atoms with Crippen LogP contribution in [0.25, 0.3) is 10.2 Å². The molecule has 0 radical (unpaired) electrons. The van der Waals surface area contributed by atoms with Crippen molar-refractivity contribution in [2.45, 2.75) is 39.5 Å². The van der Waals surface area contributed by atoms with Crippen LogP contribution in [0.4, 0.5) is 16.5 Å². The van der Waals surface area contributed by atoms with Crippen LogP contribution in [0.15, 0.2) is 48.5 Å². The highest BCUT2D eigenvalue weighted by atomic mass is 32.1. The second-order valence-corrected chi connectivity index (χ2v) is 7.39. The zero-order chi connectivity index (χ0) is 17.5. The molecule has 25 heavy (non-hydrogen) atoms. The molecule has 3 aromatic rings. The number of fused-ring (bicyclic) bond motifs is 1. The minimum atomic E-state index is 0.951. The zero-order valence-electron chi connectivity index (χ0n) is 15.2. The fourth-order valence-corrected chi connectivity index (χ4v) is 3.78. The fourth-order valence-electron chi connectivity index (χ4n) is 2.90. The van der Waals surface area contributed by atoms with Gasteiger partial charge >= 0.3 is 0 Å². The number of hydrogen-bond acceptors (Lipinski definition) is 4. The molecule has 0 aliphatic carbocycles. The van der Waals surface area contributed by atoms with Crippen LogP contribution in [0.3, 0.4) is 0 Å². The Bertz CT molecular complexity index is 755. The number of rotatable bonds is 9. The highest BCUT2D eigenvalue weighted by Gasteiger charge is 2.08. The molecule has 4 heteroatoms. The Morgan fingerprint density at radius 3 is 2.44 bits per heavy atom. The summed E-state index contributed by atoms with van der Waals surface area (Å²) in [6, 6.07) is 17.0. The largest absolute Gasteiger partial charge is 0.371 e. The van der Waals surface area contributed by atoms with Crippen LogP contribution in [-0.4, -0.2) is 18.1 Å². The molecule has 3 rings (SSSR count). The van der Waals surface area contributed by atoms with E-state index < -0.39 is 0 Å². The number of hydrogen-bond donors (Lipinski definition) is 1. The van der Waals surface area contributed by atoms with Crippen molar-refractivity contribution in [1.29, 1.82) is 0 Å². The molecule has 2 aromatic carbocycles. The maximum absolute atomic E-state index is 4.68. The van der Waals surface area contributed by atoms with Crippen LogP contribution in [0, 0.1) is 0 Å². The van der Waals surface area contributed by atoms with Crippen molar-refractivity contribution in [2.24, 2.45) is 0 Å². The van der Waals surface area contributed by atoms with E-state index in [0.717, 1.165) is 29.4 Å². The summed E-state index contributed by atoms with van der Waals surface area (Å²) in [6.07, 6.45) is 4.93. The predicted octanol–water partition coefficient (Wildman–Crippen LogP) is 6.45. The van der Waals surface area contributed by atoms with E-state index >= 15 is 0 Å². The molecule has 3 nitrogen and oxygen atoms in total. The van der Waals surface area contributed by atoms with Crippen molar-refractivity contribution in [2.75, 3.05) is 23.3 Å². The van der Waals surface area contributed by atoms with Crippen LogP contribution in [-0.2, 0) is 0 Å². The lowest BCUT2D eigenvalue weighted by atomic mass is 10.2. The molecule has 1 aromatic heterocycles. The molecule has 0 bridgehead atoms. The van der Waals surface area contributed by atoms with E-state index in [9.17, 15) is 0 Å². The van der Waals surface area contributed by atoms with Crippen LogP contribution in [0.2, 0.25) is 0 Å². The molecular weight excluding hydrogens is 326 g/mol. The summed E-state index contributed by atoms with van der Waals surface area (Å²) in [7, 11) is 0. The first kappa shape index (κ1) is 17.7. The van der Waals surface area contributed by atoms with E-state index in [0.29, 0.717) is 0 Å². The topological polar surface area (TPSA) is 28.2 Å². The van der Waals surface area contributed by atoms with Crippen molar-refractivity contribution < 1.29 is 0 Å². The molecule has 1 N–H and O–H groups in total. The molecule has 0 unspecified atom stereocenters. The maximum atomic E-state index is 4.68. The number of aromatic nitrogens is 1. The molecule has 0 atom stereocenters. The van der Waals surface area contributed by atoms with Crippen LogP contribution in [0.1, 0.15) is 39.5 Å². The van der Waals surface area contributed by atoms with E-state index in [4.69, 9.17) is 0 Å².